The summed E-state index contributed by atoms with van der Waals surface area (Å²) < 4.78 is 0. The lowest BCUT2D eigenvalue weighted by Crippen LogP contribution is -2.46. The number of hydrogen-bond acceptors (Lipinski definition) is 2. The van der Waals surface area contributed by atoms with E-state index < -0.39 is 5.60 Å². The molecule has 2 aromatic carbocycles. The van der Waals surface area contributed by atoms with Crippen LogP contribution in [0.25, 0.3) is 0 Å². The molecule has 0 aromatic heterocycles. The summed E-state index contributed by atoms with van der Waals surface area (Å²) in [4.78, 5) is 2.42. The quantitative estimate of drug-likeness (QED) is 0.846. The molecule has 23 heavy (non-hydrogen) atoms. The van der Waals surface area contributed by atoms with Crippen molar-refractivity contribution in [3.05, 3.63) is 71.8 Å². The molecule has 1 unspecified atom stereocenters. The minimum absolute atomic E-state index is 0. The molecule has 2 aromatic rings. The zero-order valence-electron chi connectivity index (χ0n) is 13.5. The molecule has 0 aliphatic carbocycles. The molecule has 3 heteroatoms. The van der Waals surface area contributed by atoms with Gasteiger partial charge in [0, 0.05) is 6.54 Å². The van der Waals surface area contributed by atoms with Crippen LogP contribution in [0.3, 0.4) is 0 Å². The molecule has 1 aliphatic rings. The summed E-state index contributed by atoms with van der Waals surface area (Å²) in [7, 11) is 0. The molecule has 1 atom stereocenters. The Labute approximate surface area is 149 Å². The lowest BCUT2D eigenvalue weighted by atomic mass is 9.85. The summed E-state index contributed by atoms with van der Waals surface area (Å²) in [5.41, 5.74) is 1.78. The number of aliphatic hydroxyl groups is 1. The Morgan fingerprint density at radius 3 is 2.30 bits per heavy atom. The van der Waals surface area contributed by atoms with E-state index in [0.29, 0.717) is 0 Å². The van der Waals surface area contributed by atoms with Gasteiger partial charge in [-0.1, -0.05) is 60.7 Å². The van der Waals surface area contributed by atoms with Crippen LogP contribution in [0.1, 0.15) is 30.4 Å². The molecule has 2 nitrogen and oxygen atoms in total. The zero-order chi connectivity index (χ0) is 15.3. The molecule has 1 heterocycles. The van der Waals surface area contributed by atoms with E-state index in [2.05, 4.69) is 35.2 Å². The molecule has 0 saturated carbocycles. The second kappa shape index (κ2) is 8.62. The Morgan fingerprint density at radius 1 is 0.957 bits per heavy atom. The standard InChI is InChI=1S/C20H25NO.BrH/c22-20(19-12-5-2-6-13-19)14-8-16-21(17-20)15-7-11-18-9-3-1-4-10-18;/h1-6,9-10,12-13,22H,7-8,11,14-17H2;1H. The van der Waals surface area contributed by atoms with Crippen molar-refractivity contribution in [2.75, 3.05) is 19.6 Å². The van der Waals surface area contributed by atoms with Crippen LogP contribution >= 0.6 is 17.0 Å². The number of halogens is 1. The van der Waals surface area contributed by atoms with Gasteiger partial charge in [0.05, 0.1) is 0 Å². The van der Waals surface area contributed by atoms with Crippen molar-refractivity contribution in [1.82, 2.24) is 4.90 Å². The van der Waals surface area contributed by atoms with Crippen LogP contribution in [0.4, 0.5) is 0 Å². The Bertz CT molecular complexity index is 575. The van der Waals surface area contributed by atoms with E-state index in [1.165, 1.54) is 5.56 Å². The van der Waals surface area contributed by atoms with Crippen LogP contribution in [-0.2, 0) is 12.0 Å². The summed E-state index contributed by atoms with van der Waals surface area (Å²) in [6, 6.07) is 20.8. The first-order valence-corrected chi connectivity index (χ1v) is 8.30. The summed E-state index contributed by atoms with van der Waals surface area (Å²) in [5, 5.41) is 11.0. The Morgan fingerprint density at radius 2 is 1.61 bits per heavy atom. The van der Waals surface area contributed by atoms with Gasteiger partial charge in [0.15, 0.2) is 0 Å². The highest BCUT2D eigenvalue weighted by Crippen LogP contribution is 2.31. The van der Waals surface area contributed by atoms with Crippen LogP contribution in [-0.4, -0.2) is 29.6 Å². The zero-order valence-corrected chi connectivity index (χ0v) is 15.2. The average Bonchev–Trinajstić information content (AvgIpc) is 2.57. The van der Waals surface area contributed by atoms with Crippen LogP contribution in [0.5, 0.6) is 0 Å². The normalized spacial score (nSPS) is 21.6. The van der Waals surface area contributed by atoms with Gasteiger partial charge in [-0.15, -0.1) is 17.0 Å². The van der Waals surface area contributed by atoms with Crippen molar-refractivity contribution in [3.8, 4) is 0 Å². The number of aryl methyl sites for hydroxylation is 1. The maximum Gasteiger partial charge on any atom is 0.102 e. The first-order valence-electron chi connectivity index (χ1n) is 8.30. The van der Waals surface area contributed by atoms with Crippen LogP contribution < -0.4 is 0 Å². The highest BCUT2D eigenvalue weighted by molar-refractivity contribution is 8.93. The molecule has 0 radical (unpaired) electrons. The van der Waals surface area contributed by atoms with E-state index in [1.54, 1.807) is 0 Å². The molecule has 1 saturated heterocycles. The molecule has 1 N–H and O–H groups in total. The lowest BCUT2D eigenvalue weighted by Gasteiger charge is -2.39. The second-order valence-electron chi connectivity index (χ2n) is 6.37. The molecule has 3 rings (SSSR count). The van der Waals surface area contributed by atoms with E-state index in [9.17, 15) is 5.11 Å². The van der Waals surface area contributed by atoms with Gasteiger partial charge in [0.1, 0.15) is 5.60 Å². The SMILES string of the molecule is Br.OC1(c2ccccc2)CCCN(CCCc2ccccc2)C1. The minimum Gasteiger partial charge on any atom is -0.384 e. The third-order valence-electron chi connectivity index (χ3n) is 4.64. The van der Waals surface area contributed by atoms with Gasteiger partial charge in [0.25, 0.3) is 0 Å². The molecular formula is C20H26BrNO. The van der Waals surface area contributed by atoms with E-state index in [4.69, 9.17) is 0 Å². The smallest absolute Gasteiger partial charge is 0.102 e. The van der Waals surface area contributed by atoms with E-state index in [1.807, 2.05) is 30.3 Å². The number of β-amino-alcohol motifs (C(OH)–C–C–N with tert-alkyl or cyclic N) is 1. The number of rotatable bonds is 5. The van der Waals surface area contributed by atoms with Gasteiger partial charge in [0.2, 0.25) is 0 Å². The van der Waals surface area contributed by atoms with Crippen molar-refractivity contribution in [2.45, 2.75) is 31.3 Å². The van der Waals surface area contributed by atoms with Crippen LogP contribution in [0, 0.1) is 0 Å². The summed E-state index contributed by atoms with van der Waals surface area (Å²) >= 11 is 0. The Kier molecular flexibility index (Phi) is 6.82. The largest absolute Gasteiger partial charge is 0.384 e. The summed E-state index contributed by atoms with van der Waals surface area (Å²) in [5.74, 6) is 0. The van der Waals surface area contributed by atoms with Gasteiger partial charge in [-0.05, 0) is 49.9 Å². The highest BCUT2D eigenvalue weighted by Gasteiger charge is 2.34. The monoisotopic (exact) mass is 375 g/mol. The fourth-order valence-corrected chi connectivity index (χ4v) is 3.45. The van der Waals surface area contributed by atoms with Gasteiger partial charge >= 0.3 is 0 Å². The van der Waals surface area contributed by atoms with Crippen molar-refractivity contribution in [1.29, 1.82) is 0 Å². The Balaban J connectivity index is 0.00000192. The number of likely N-dealkylation sites (tertiary alicyclic amines) is 1. The molecule has 0 bridgehead atoms. The van der Waals surface area contributed by atoms with Crippen LogP contribution in [0.15, 0.2) is 60.7 Å². The van der Waals surface area contributed by atoms with Crippen molar-refractivity contribution in [3.63, 3.8) is 0 Å². The molecular weight excluding hydrogens is 350 g/mol. The second-order valence-corrected chi connectivity index (χ2v) is 6.37. The third kappa shape index (κ3) is 4.90. The van der Waals surface area contributed by atoms with E-state index >= 15 is 0 Å². The van der Waals surface area contributed by atoms with E-state index in [0.717, 1.165) is 50.9 Å². The van der Waals surface area contributed by atoms with Crippen molar-refractivity contribution in [2.24, 2.45) is 0 Å². The summed E-state index contributed by atoms with van der Waals surface area (Å²) in [6.45, 7) is 2.92. The van der Waals surface area contributed by atoms with Gasteiger partial charge < -0.3 is 10.0 Å². The fraction of sp³-hybridized carbons (Fsp3) is 0.400. The molecule has 0 spiro atoms. The molecule has 1 aliphatic heterocycles. The predicted octanol–water partition coefficient (Wildman–Crippen LogP) is 4.18. The van der Waals surface area contributed by atoms with Crippen LogP contribution in [0.2, 0.25) is 0 Å². The van der Waals surface area contributed by atoms with Gasteiger partial charge in [-0.25, -0.2) is 0 Å². The third-order valence-corrected chi connectivity index (χ3v) is 4.64. The fourth-order valence-electron chi connectivity index (χ4n) is 3.45. The van der Waals surface area contributed by atoms with E-state index in [-0.39, 0.29) is 17.0 Å². The molecule has 0 amide bonds. The number of piperidine rings is 1. The molecule has 124 valence electrons. The maximum absolute atomic E-state index is 11.0. The number of benzene rings is 2. The average molecular weight is 376 g/mol. The lowest BCUT2D eigenvalue weighted by molar-refractivity contribution is -0.0357. The maximum atomic E-state index is 11.0. The molecule has 1 fully saturated rings. The van der Waals surface area contributed by atoms with Crippen molar-refractivity contribution < 1.29 is 5.11 Å². The first kappa shape index (κ1) is 18.2. The number of hydrogen-bond donors (Lipinski definition) is 1. The van der Waals surface area contributed by atoms with Crippen molar-refractivity contribution >= 4 is 17.0 Å². The van der Waals surface area contributed by atoms with Gasteiger partial charge in [-0.3, -0.25) is 0 Å². The summed E-state index contributed by atoms with van der Waals surface area (Å²) in [6.07, 6.45) is 4.19. The predicted molar refractivity (Wildman–Crippen MR) is 101 cm³/mol. The highest BCUT2D eigenvalue weighted by atomic mass is 79.9. The minimum atomic E-state index is -0.674. The first-order chi connectivity index (χ1) is 10.8. The van der Waals surface area contributed by atoms with Gasteiger partial charge in [-0.2, -0.15) is 0 Å². The topological polar surface area (TPSA) is 23.5 Å². The number of nitrogens with zero attached hydrogens (tertiary/aromatic N) is 1. The Hall–Kier alpha value is -1.16.